The fourth-order valence-electron chi connectivity index (χ4n) is 4.20. The first-order valence-corrected chi connectivity index (χ1v) is 12.8. The molecule has 0 radical (unpaired) electrons. The third kappa shape index (κ3) is 5.26. The van der Waals surface area contributed by atoms with Crippen LogP contribution in [0.3, 0.4) is 0 Å². The van der Waals surface area contributed by atoms with E-state index in [1.165, 1.54) is 29.6 Å². The second kappa shape index (κ2) is 10.5. The quantitative estimate of drug-likeness (QED) is 0.350. The molecule has 1 aliphatic rings. The lowest BCUT2D eigenvalue weighted by atomic mass is 10.1. The molecule has 0 bridgehead atoms. The van der Waals surface area contributed by atoms with Crippen LogP contribution < -0.4 is 15.0 Å². The van der Waals surface area contributed by atoms with Gasteiger partial charge in [0.05, 0.1) is 16.9 Å². The topological polar surface area (TPSA) is 105 Å². The Labute approximate surface area is 209 Å². The number of halogens is 1. The van der Waals surface area contributed by atoms with E-state index < -0.39 is 20.8 Å². The van der Waals surface area contributed by atoms with Crippen molar-refractivity contribution in [1.29, 1.82) is 0 Å². The molecule has 1 N–H and O–H groups in total. The van der Waals surface area contributed by atoms with Crippen LogP contribution in [0.5, 0.6) is 5.75 Å². The largest absolute Gasteiger partial charge is 0.494 e. The number of benzene rings is 3. The highest BCUT2D eigenvalue weighted by Crippen LogP contribution is 2.33. The summed E-state index contributed by atoms with van der Waals surface area (Å²) in [6, 6.07) is 17.9. The molecule has 0 aliphatic carbocycles. The minimum absolute atomic E-state index is 0.0251. The van der Waals surface area contributed by atoms with Gasteiger partial charge >= 0.3 is 0 Å². The highest BCUT2D eigenvalue weighted by molar-refractivity contribution is 7.89. The van der Waals surface area contributed by atoms with E-state index in [1.807, 2.05) is 42.2 Å². The molecule has 9 nitrogen and oxygen atoms in total. The number of piperazine rings is 1. The number of hydrogen-bond donors (Lipinski definition) is 1. The van der Waals surface area contributed by atoms with Gasteiger partial charge in [-0.25, -0.2) is 12.8 Å². The van der Waals surface area contributed by atoms with Gasteiger partial charge in [0.2, 0.25) is 10.0 Å². The molecule has 1 aliphatic heterocycles. The summed E-state index contributed by atoms with van der Waals surface area (Å²) in [4.78, 5) is 13.0. The van der Waals surface area contributed by atoms with Crippen LogP contribution >= 0.6 is 0 Å². The van der Waals surface area contributed by atoms with Crippen LogP contribution in [0, 0.1) is 15.9 Å². The fraction of sp³-hybridized carbons (Fsp3) is 0.280. The molecule has 11 heteroatoms. The summed E-state index contributed by atoms with van der Waals surface area (Å²) in [6.45, 7) is 3.07. The molecule has 0 saturated carbocycles. The third-order valence-corrected chi connectivity index (χ3v) is 8.11. The maximum absolute atomic E-state index is 14.1. The molecule has 1 atom stereocenters. The Morgan fingerprint density at radius 1 is 1.03 bits per heavy atom. The zero-order valence-corrected chi connectivity index (χ0v) is 20.7. The van der Waals surface area contributed by atoms with Gasteiger partial charge in [0.15, 0.2) is 11.6 Å². The molecule has 1 saturated heterocycles. The van der Waals surface area contributed by atoms with Crippen LogP contribution in [-0.2, 0) is 10.0 Å². The Morgan fingerprint density at radius 2 is 1.72 bits per heavy atom. The summed E-state index contributed by atoms with van der Waals surface area (Å²) < 4.78 is 46.3. The van der Waals surface area contributed by atoms with E-state index in [1.54, 1.807) is 12.1 Å². The zero-order valence-electron chi connectivity index (χ0n) is 19.9. The molecule has 0 amide bonds. The van der Waals surface area contributed by atoms with Gasteiger partial charge in [-0.15, -0.1) is 0 Å². The predicted octanol–water partition coefficient (Wildman–Crippen LogP) is 4.43. The van der Waals surface area contributed by atoms with E-state index in [0.29, 0.717) is 18.8 Å². The second-order valence-electron chi connectivity index (χ2n) is 8.42. The summed E-state index contributed by atoms with van der Waals surface area (Å²) in [6.07, 6.45) is 0. The van der Waals surface area contributed by atoms with Crippen LogP contribution in [0.4, 0.5) is 21.5 Å². The monoisotopic (exact) mass is 514 g/mol. The van der Waals surface area contributed by atoms with E-state index in [2.05, 4.69) is 5.32 Å². The van der Waals surface area contributed by atoms with Gasteiger partial charge in [0.1, 0.15) is 5.69 Å². The highest BCUT2D eigenvalue weighted by atomic mass is 32.2. The number of methoxy groups -OCH3 is 1. The molecule has 36 heavy (non-hydrogen) atoms. The maximum atomic E-state index is 14.1. The smallest absolute Gasteiger partial charge is 0.292 e. The molecule has 190 valence electrons. The van der Waals surface area contributed by atoms with E-state index in [9.17, 15) is 22.9 Å². The SMILES string of the molecule is COc1ccc(S(=O)(=O)N2CCN(c3ccc([N+](=O)[O-])c(N[C@H](C)c4ccccc4)c3)CC2)cc1F. The van der Waals surface area contributed by atoms with Crippen LogP contribution in [0.15, 0.2) is 71.6 Å². The summed E-state index contributed by atoms with van der Waals surface area (Å²) >= 11 is 0. The number of sulfonamides is 1. The molecular formula is C25H27FN4O5S. The van der Waals surface area contributed by atoms with Crippen molar-refractivity contribution in [2.45, 2.75) is 17.9 Å². The summed E-state index contributed by atoms with van der Waals surface area (Å²) in [5, 5.41) is 14.9. The molecule has 1 heterocycles. The van der Waals surface area contributed by atoms with Crippen LogP contribution in [-0.4, -0.2) is 50.9 Å². The molecule has 3 aromatic rings. The standard InChI is InChI=1S/C25H27FN4O5S/c1-18(19-6-4-3-5-7-19)27-23-16-20(8-10-24(23)30(31)32)28-12-14-29(15-13-28)36(33,34)21-9-11-25(35-2)22(26)17-21/h3-11,16-18,27H,12-15H2,1-2H3/t18-/m1/s1. The van der Waals surface area contributed by atoms with Gasteiger partial charge in [-0.05, 0) is 42.8 Å². The van der Waals surface area contributed by atoms with Crippen molar-refractivity contribution < 1.29 is 22.5 Å². The van der Waals surface area contributed by atoms with Gasteiger partial charge in [-0.1, -0.05) is 30.3 Å². The zero-order chi connectivity index (χ0) is 25.9. The Hall–Kier alpha value is -3.70. The maximum Gasteiger partial charge on any atom is 0.292 e. The molecule has 3 aromatic carbocycles. The number of anilines is 2. The number of hydrogen-bond acceptors (Lipinski definition) is 7. The van der Waals surface area contributed by atoms with E-state index in [0.717, 1.165) is 17.3 Å². The van der Waals surface area contributed by atoms with Gasteiger partial charge in [0.25, 0.3) is 5.69 Å². The number of nitrogens with one attached hydrogen (secondary N) is 1. The average Bonchev–Trinajstić information content (AvgIpc) is 2.89. The van der Waals surface area contributed by atoms with Gasteiger partial charge in [-0.3, -0.25) is 10.1 Å². The predicted molar refractivity (Wildman–Crippen MR) is 135 cm³/mol. The van der Waals surface area contributed by atoms with Crippen molar-refractivity contribution in [3.05, 3.63) is 88.2 Å². The van der Waals surface area contributed by atoms with Gasteiger partial charge < -0.3 is 15.0 Å². The van der Waals surface area contributed by atoms with E-state index in [-0.39, 0.29) is 35.5 Å². The number of nitro benzene ring substituents is 1. The van der Waals surface area contributed by atoms with Gasteiger partial charge in [0, 0.05) is 44.0 Å². The number of rotatable bonds is 8. The lowest BCUT2D eigenvalue weighted by Crippen LogP contribution is -2.48. The number of nitrogens with zero attached hydrogens (tertiary/aromatic N) is 3. The molecule has 0 aromatic heterocycles. The lowest BCUT2D eigenvalue weighted by Gasteiger charge is -2.35. The van der Waals surface area contributed by atoms with Crippen LogP contribution in [0.25, 0.3) is 0 Å². The molecule has 1 fully saturated rings. The molecule has 0 spiro atoms. The van der Waals surface area contributed by atoms with Crippen LogP contribution in [0.1, 0.15) is 18.5 Å². The molecule has 4 rings (SSSR count). The summed E-state index contributed by atoms with van der Waals surface area (Å²) in [7, 11) is -2.57. The minimum atomic E-state index is -3.88. The average molecular weight is 515 g/mol. The number of nitro groups is 1. The molecular weight excluding hydrogens is 487 g/mol. The van der Waals surface area contributed by atoms with Gasteiger partial charge in [-0.2, -0.15) is 4.31 Å². The lowest BCUT2D eigenvalue weighted by molar-refractivity contribution is -0.384. The first-order chi connectivity index (χ1) is 17.2. The van der Waals surface area contributed by atoms with Crippen LogP contribution in [0.2, 0.25) is 0 Å². The van der Waals surface area contributed by atoms with Crippen molar-refractivity contribution in [1.82, 2.24) is 4.31 Å². The Balaban J connectivity index is 1.50. The first-order valence-electron chi connectivity index (χ1n) is 11.4. The Morgan fingerprint density at radius 3 is 2.33 bits per heavy atom. The highest BCUT2D eigenvalue weighted by Gasteiger charge is 2.30. The summed E-state index contributed by atoms with van der Waals surface area (Å²) in [5.41, 5.74) is 2.09. The second-order valence-corrected chi connectivity index (χ2v) is 10.4. The third-order valence-electron chi connectivity index (χ3n) is 6.21. The Kier molecular flexibility index (Phi) is 7.41. The van der Waals surface area contributed by atoms with E-state index in [4.69, 9.17) is 4.74 Å². The van der Waals surface area contributed by atoms with Crippen molar-refractivity contribution in [2.75, 3.05) is 43.5 Å². The Bertz CT molecular complexity index is 1350. The molecule has 0 unspecified atom stereocenters. The fourth-order valence-corrected chi connectivity index (χ4v) is 5.63. The van der Waals surface area contributed by atoms with Crippen molar-refractivity contribution in [3.8, 4) is 5.75 Å². The first kappa shape index (κ1) is 25.4. The van der Waals surface area contributed by atoms with Crippen molar-refractivity contribution >= 4 is 27.1 Å². The summed E-state index contributed by atoms with van der Waals surface area (Å²) in [5.74, 6) is -0.768. The normalized spacial score (nSPS) is 15.4. The minimum Gasteiger partial charge on any atom is -0.494 e. The van der Waals surface area contributed by atoms with E-state index >= 15 is 0 Å². The van der Waals surface area contributed by atoms with Crippen molar-refractivity contribution in [3.63, 3.8) is 0 Å². The van der Waals surface area contributed by atoms with Crippen molar-refractivity contribution in [2.24, 2.45) is 0 Å². The number of ether oxygens (including phenoxy) is 1.